The standard InChI is InChI=1S/C13H22O3/c1-2-13(15)16-9-8-12(10-14)11-6-4-3-5-7-11/h10-12H,2-9H2,1H3. The van der Waals surface area contributed by atoms with Crippen LogP contribution in [0.3, 0.4) is 0 Å². The molecule has 1 rings (SSSR count). The van der Waals surface area contributed by atoms with E-state index in [0.29, 0.717) is 25.4 Å². The van der Waals surface area contributed by atoms with Gasteiger partial charge < -0.3 is 9.53 Å². The zero-order valence-corrected chi connectivity index (χ0v) is 10.1. The van der Waals surface area contributed by atoms with Gasteiger partial charge in [0.1, 0.15) is 6.29 Å². The summed E-state index contributed by atoms with van der Waals surface area (Å²) in [5.74, 6) is 0.435. The van der Waals surface area contributed by atoms with Crippen LogP contribution < -0.4 is 0 Å². The van der Waals surface area contributed by atoms with E-state index in [4.69, 9.17) is 4.74 Å². The maximum absolute atomic E-state index is 11.0. The second kappa shape index (κ2) is 7.42. The van der Waals surface area contributed by atoms with E-state index in [9.17, 15) is 9.59 Å². The van der Waals surface area contributed by atoms with Gasteiger partial charge in [-0.1, -0.05) is 26.2 Å². The molecule has 0 radical (unpaired) electrons. The van der Waals surface area contributed by atoms with Gasteiger partial charge in [-0.25, -0.2) is 0 Å². The van der Waals surface area contributed by atoms with Crippen molar-refractivity contribution in [1.29, 1.82) is 0 Å². The Labute approximate surface area is 97.5 Å². The smallest absolute Gasteiger partial charge is 0.305 e. The molecule has 0 aromatic rings. The third kappa shape index (κ3) is 4.33. The van der Waals surface area contributed by atoms with Crippen LogP contribution >= 0.6 is 0 Å². The van der Waals surface area contributed by atoms with Crippen LogP contribution in [0.5, 0.6) is 0 Å². The molecule has 3 heteroatoms. The molecule has 1 saturated carbocycles. The molecule has 3 nitrogen and oxygen atoms in total. The molecule has 16 heavy (non-hydrogen) atoms. The van der Waals surface area contributed by atoms with Gasteiger partial charge in [0.15, 0.2) is 0 Å². The second-order valence-corrected chi connectivity index (χ2v) is 4.56. The highest BCUT2D eigenvalue weighted by Gasteiger charge is 2.23. The van der Waals surface area contributed by atoms with Crippen molar-refractivity contribution in [3.63, 3.8) is 0 Å². The van der Waals surface area contributed by atoms with Crippen molar-refractivity contribution in [2.24, 2.45) is 11.8 Å². The quantitative estimate of drug-likeness (QED) is 0.516. The van der Waals surface area contributed by atoms with Gasteiger partial charge in [-0.2, -0.15) is 0 Å². The van der Waals surface area contributed by atoms with Crippen LogP contribution in [0.2, 0.25) is 0 Å². The Hall–Kier alpha value is -0.860. The van der Waals surface area contributed by atoms with E-state index < -0.39 is 0 Å². The van der Waals surface area contributed by atoms with Gasteiger partial charge in [0.2, 0.25) is 0 Å². The monoisotopic (exact) mass is 226 g/mol. The highest BCUT2D eigenvalue weighted by atomic mass is 16.5. The van der Waals surface area contributed by atoms with Crippen molar-refractivity contribution in [2.75, 3.05) is 6.61 Å². The SMILES string of the molecule is CCC(=O)OCCC(C=O)C1CCCCC1. The number of aldehydes is 1. The second-order valence-electron chi connectivity index (χ2n) is 4.56. The van der Waals surface area contributed by atoms with E-state index in [1.807, 2.05) is 0 Å². The third-order valence-electron chi connectivity index (χ3n) is 3.43. The maximum atomic E-state index is 11.0. The molecule has 0 heterocycles. The summed E-state index contributed by atoms with van der Waals surface area (Å²) in [4.78, 5) is 22.0. The third-order valence-corrected chi connectivity index (χ3v) is 3.43. The van der Waals surface area contributed by atoms with Crippen LogP contribution in [0.4, 0.5) is 0 Å². The Kier molecular flexibility index (Phi) is 6.12. The minimum Gasteiger partial charge on any atom is -0.466 e. The molecule has 92 valence electrons. The van der Waals surface area contributed by atoms with Crippen molar-refractivity contribution in [1.82, 2.24) is 0 Å². The average molecular weight is 226 g/mol. The first-order valence-electron chi connectivity index (χ1n) is 6.38. The Morgan fingerprint density at radius 3 is 2.62 bits per heavy atom. The molecule has 1 aliphatic carbocycles. The summed E-state index contributed by atoms with van der Waals surface area (Å²) in [5.41, 5.74) is 0. The van der Waals surface area contributed by atoms with E-state index in [1.165, 1.54) is 19.3 Å². The normalized spacial score (nSPS) is 19.1. The largest absolute Gasteiger partial charge is 0.466 e. The first-order valence-corrected chi connectivity index (χ1v) is 6.38. The van der Waals surface area contributed by atoms with Gasteiger partial charge >= 0.3 is 5.97 Å². The summed E-state index contributed by atoms with van der Waals surface area (Å²) in [6.45, 7) is 2.17. The maximum Gasteiger partial charge on any atom is 0.305 e. The topological polar surface area (TPSA) is 43.4 Å². The van der Waals surface area contributed by atoms with Gasteiger partial charge in [-0.15, -0.1) is 0 Å². The first-order chi connectivity index (χ1) is 7.77. The molecule has 0 saturated heterocycles. The van der Waals surface area contributed by atoms with Crippen molar-refractivity contribution in [2.45, 2.75) is 51.9 Å². The number of hydrogen-bond donors (Lipinski definition) is 0. The molecule has 1 fully saturated rings. The van der Waals surface area contributed by atoms with E-state index in [1.54, 1.807) is 6.92 Å². The van der Waals surface area contributed by atoms with Crippen molar-refractivity contribution < 1.29 is 14.3 Å². The minimum absolute atomic E-state index is 0.0879. The minimum atomic E-state index is -0.173. The fourth-order valence-corrected chi connectivity index (χ4v) is 2.39. The zero-order chi connectivity index (χ0) is 11.8. The van der Waals surface area contributed by atoms with Crippen LogP contribution in [0.15, 0.2) is 0 Å². The number of esters is 1. The van der Waals surface area contributed by atoms with Crippen LogP contribution in [0.1, 0.15) is 51.9 Å². The molecule has 0 amide bonds. The predicted molar refractivity (Wildman–Crippen MR) is 62.0 cm³/mol. The van der Waals surface area contributed by atoms with Crippen LogP contribution in [-0.2, 0) is 14.3 Å². The molecule has 0 aliphatic heterocycles. The highest BCUT2D eigenvalue weighted by Crippen LogP contribution is 2.30. The lowest BCUT2D eigenvalue weighted by atomic mass is 9.79. The molecule has 0 N–H and O–H groups in total. The molecule has 0 aromatic heterocycles. The van der Waals surface area contributed by atoms with E-state index in [-0.39, 0.29) is 11.9 Å². The Morgan fingerprint density at radius 2 is 2.06 bits per heavy atom. The number of carbonyl (C=O) groups excluding carboxylic acids is 2. The molecule has 1 aliphatic rings. The van der Waals surface area contributed by atoms with Gasteiger partial charge in [0.25, 0.3) is 0 Å². The summed E-state index contributed by atoms with van der Waals surface area (Å²) in [7, 11) is 0. The summed E-state index contributed by atoms with van der Waals surface area (Å²) >= 11 is 0. The van der Waals surface area contributed by atoms with Gasteiger partial charge in [-0.3, -0.25) is 4.79 Å². The van der Waals surface area contributed by atoms with Crippen molar-refractivity contribution in [3.8, 4) is 0 Å². The number of carbonyl (C=O) groups is 2. The number of rotatable bonds is 6. The van der Waals surface area contributed by atoms with Gasteiger partial charge in [-0.05, 0) is 25.2 Å². The molecule has 0 aromatic carbocycles. The first kappa shape index (κ1) is 13.2. The summed E-state index contributed by atoms with van der Waals surface area (Å²) < 4.78 is 5.02. The Bertz CT molecular complexity index is 219. The zero-order valence-electron chi connectivity index (χ0n) is 10.1. The van der Waals surface area contributed by atoms with E-state index in [2.05, 4.69) is 0 Å². The molecular weight excluding hydrogens is 204 g/mol. The van der Waals surface area contributed by atoms with Gasteiger partial charge in [0.05, 0.1) is 6.61 Å². The number of ether oxygens (including phenoxy) is 1. The molecular formula is C13H22O3. The lowest BCUT2D eigenvalue weighted by Crippen LogP contribution is -2.21. The fourth-order valence-electron chi connectivity index (χ4n) is 2.39. The molecule has 0 spiro atoms. The predicted octanol–water partition coefficient (Wildman–Crippen LogP) is 2.73. The lowest BCUT2D eigenvalue weighted by Gasteiger charge is -2.26. The highest BCUT2D eigenvalue weighted by molar-refractivity contribution is 5.68. The van der Waals surface area contributed by atoms with E-state index >= 15 is 0 Å². The summed E-state index contributed by atoms with van der Waals surface area (Å²) in [6, 6.07) is 0. The van der Waals surface area contributed by atoms with Crippen LogP contribution in [0, 0.1) is 11.8 Å². The fraction of sp³-hybridized carbons (Fsp3) is 0.846. The van der Waals surface area contributed by atoms with Crippen LogP contribution in [0.25, 0.3) is 0 Å². The molecule has 0 bridgehead atoms. The molecule has 1 unspecified atom stereocenters. The average Bonchev–Trinajstić information content (AvgIpc) is 2.35. The van der Waals surface area contributed by atoms with Crippen LogP contribution in [-0.4, -0.2) is 18.9 Å². The summed E-state index contributed by atoms with van der Waals surface area (Å²) in [5, 5.41) is 0. The number of hydrogen-bond acceptors (Lipinski definition) is 3. The summed E-state index contributed by atoms with van der Waals surface area (Å²) in [6.07, 6.45) is 8.25. The Balaban J connectivity index is 2.25. The van der Waals surface area contributed by atoms with Gasteiger partial charge in [0, 0.05) is 12.3 Å². The van der Waals surface area contributed by atoms with Crippen molar-refractivity contribution >= 4 is 12.3 Å². The van der Waals surface area contributed by atoms with E-state index in [0.717, 1.165) is 19.1 Å². The molecule has 1 atom stereocenters. The lowest BCUT2D eigenvalue weighted by molar-refractivity contribution is -0.144. The Morgan fingerprint density at radius 1 is 1.38 bits per heavy atom. The van der Waals surface area contributed by atoms with Crippen molar-refractivity contribution in [3.05, 3.63) is 0 Å².